The quantitative estimate of drug-likeness (QED) is 0.231. The van der Waals surface area contributed by atoms with E-state index in [0.717, 1.165) is 49.2 Å². The van der Waals surface area contributed by atoms with Gasteiger partial charge in [-0.1, -0.05) is 28.6 Å². The summed E-state index contributed by atoms with van der Waals surface area (Å²) in [5.74, 6) is -0.205. The molecule has 248 valence electrons. The number of carbonyl (C=O) groups is 1. The Morgan fingerprint density at radius 3 is 2.51 bits per heavy atom. The number of carbonyl (C=O) groups excluding carboxylic acids is 1. The van der Waals surface area contributed by atoms with Gasteiger partial charge in [0.1, 0.15) is 22.9 Å². The van der Waals surface area contributed by atoms with Crippen LogP contribution in [-0.2, 0) is 16.6 Å². The molecule has 3 aromatic heterocycles. The van der Waals surface area contributed by atoms with E-state index < -0.39 is 27.5 Å². The number of amides is 1. The van der Waals surface area contributed by atoms with Gasteiger partial charge in [0.25, 0.3) is 5.91 Å². The molecule has 4 aromatic rings. The van der Waals surface area contributed by atoms with Crippen molar-refractivity contribution in [2.45, 2.75) is 93.6 Å². The first-order valence-corrected chi connectivity index (χ1v) is 17.9. The summed E-state index contributed by atoms with van der Waals surface area (Å²) in [6, 6.07) is 6.52. The lowest BCUT2D eigenvalue weighted by Gasteiger charge is -2.39. The number of anilines is 1. The average Bonchev–Trinajstić information content (AvgIpc) is 3.95. The molecule has 8 rings (SSSR count). The summed E-state index contributed by atoms with van der Waals surface area (Å²) >= 11 is 1.33. The number of fused-ring (bicyclic) bond motifs is 3. The summed E-state index contributed by atoms with van der Waals surface area (Å²) in [6.07, 6.45) is 2.98. The minimum Gasteiger partial charge on any atom is -0.405 e. The minimum absolute atomic E-state index is 0.0749. The number of nitrogens with one attached hydrogen (secondary N) is 2. The number of nitrogens with zero attached hydrogens (tertiary/aromatic N) is 5. The normalized spacial score (nSPS) is 23.0. The van der Waals surface area contributed by atoms with Crippen LogP contribution < -0.4 is 19.7 Å². The average molecular weight is 690 g/mol. The third-order valence-corrected chi connectivity index (χ3v) is 12.0. The summed E-state index contributed by atoms with van der Waals surface area (Å²) in [6.45, 7) is 0.394. The minimum atomic E-state index is -4.84. The van der Waals surface area contributed by atoms with Crippen LogP contribution in [0.2, 0.25) is 0 Å². The van der Waals surface area contributed by atoms with Crippen molar-refractivity contribution >= 4 is 42.9 Å². The lowest BCUT2D eigenvalue weighted by atomic mass is 9.97. The highest BCUT2D eigenvalue weighted by atomic mass is 32.2. The summed E-state index contributed by atoms with van der Waals surface area (Å²) < 4.78 is 76.0. The van der Waals surface area contributed by atoms with E-state index in [1.54, 1.807) is 12.1 Å². The molecule has 17 heteroatoms. The maximum absolute atomic E-state index is 13.2. The SMILES string of the molecule is O=C(NS(=O)(=O)C1CC1)c1cnc2nc(N3C4CCC3CC(NCc3c(-c5ccccc5OC(F)(F)F)noc3C3CC3)C4)sc2n1. The fraction of sp³-hybridized carbons (Fsp3) is 0.500. The molecular weight excluding hydrogens is 660 g/mol. The molecule has 2 aliphatic carbocycles. The Kier molecular flexibility index (Phi) is 7.40. The molecule has 12 nitrogen and oxygen atoms in total. The Bertz CT molecular complexity index is 1940. The van der Waals surface area contributed by atoms with Crippen LogP contribution in [-0.4, -0.2) is 64.2 Å². The Morgan fingerprint density at radius 1 is 1.06 bits per heavy atom. The van der Waals surface area contributed by atoms with Crippen molar-refractivity contribution in [2.75, 3.05) is 4.90 Å². The largest absolute Gasteiger partial charge is 0.573 e. The third kappa shape index (κ3) is 6.15. The van der Waals surface area contributed by atoms with Crippen molar-refractivity contribution in [2.24, 2.45) is 0 Å². The molecule has 5 heterocycles. The lowest BCUT2D eigenvalue weighted by molar-refractivity contribution is -0.274. The van der Waals surface area contributed by atoms with E-state index in [0.29, 0.717) is 41.3 Å². The van der Waals surface area contributed by atoms with Gasteiger partial charge in [-0.05, 0) is 63.5 Å². The zero-order valence-electron chi connectivity index (χ0n) is 24.9. The molecule has 2 saturated carbocycles. The predicted molar refractivity (Wildman–Crippen MR) is 164 cm³/mol. The number of sulfonamides is 1. The van der Waals surface area contributed by atoms with Gasteiger partial charge in [0.2, 0.25) is 10.0 Å². The highest BCUT2D eigenvalue weighted by Gasteiger charge is 2.43. The molecule has 0 radical (unpaired) electrons. The van der Waals surface area contributed by atoms with E-state index >= 15 is 0 Å². The second-order valence-electron chi connectivity index (χ2n) is 12.6. The molecule has 2 atom stereocenters. The maximum Gasteiger partial charge on any atom is 0.573 e. The third-order valence-electron chi connectivity index (χ3n) is 9.20. The smallest absolute Gasteiger partial charge is 0.405 e. The Balaban J connectivity index is 0.972. The summed E-state index contributed by atoms with van der Waals surface area (Å²) in [5, 5.41) is 8.10. The van der Waals surface area contributed by atoms with Crippen molar-refractivity contribution in [3.63, 3.8) is 0 Å². The fourth-order valence-corrected chi connectivity index (χ4v) is 9.05. The van der Waals surface area contributed by atoms with Crippen molar-refractivity contribution in [3.8, 4) is 17.0 Å². The highest BCUT2D eigenvalue weighted by molar-refractivity contribution is 7.91. The van der Waals surface area contributed by atoms with Crippen molar-refractivity contribution in [1.29, 1.82) is 0 Å². The van der Waals surface area contributed by atoms with Gasteiger partial charge in [-0.2, -0.15) is 4.98 Å². The Morgan fingerprint density at radius 2 is 1.81 bits per heavy atom. The Labute approximate surface area is 271 Å². The number of thiazole rings is 1. The number of aromatic nitrogens is 4. The second kappa shape index (κ2) is 11.4. The number of piperidine rings is 1. The van der Waals surface area contributed by atoms with Gasteiger partial charge in [0.05, 0.1) is 11.4 Å². The van der Waals surface area contributed by atoms with E-state index in [9.17, 15) is 26.4 Å². The molecule has 47 heavy (non-hydrogen) atoms. The number of ether oxygens (including phenoxy) is 1. The van der Waals surface area contributed by atoms with Gasteiger partial charge in [-0.25, -0.2) is 23.1 Å². The van der Waals surface area contributed by atoms with Gasteiger partial charge >= 0.3 is 6.36 Å². The van der Waals surface area contributed by atoms with Gasteiger partial charge in [0, 0.05) is 41.7 Å². The first-order chi connectivity index (χ1) is 22.5. The molecule has 4 fully saturated rings. The molecule has 1 amide bonds. The standard InChI is InChI=1S/C30H30F3N7O5S2/c31-30(32,33)44-23-4-2-1-3-20(23)24-21(25(45-38-24)15-5-6-15)13-34-16-11-17-7-8-18(12-16)40(17)29-37-26-28(46-29)36-22(14-35-26)27(41)39-47(42,43)19-9-10-19/h1-4,14-19,34H,5-13H2,(H,39,41). The molecule has 4 aliphatic rings. The van der Waals surface area contributed by atoms with Crippen LogP contribution in [0.4, 0.5) is 18.3 Å². The van der Waals surface area contributed by atoms with Gasteiger partial charge in [0.15, 0.2) is 15.6 Å². The van der Waals surface area contributed by atoms with Crippen LogP contribution in [0.3, 0.4) is 0 Å². The monoisotopic (exact) mass is 689 g/mol. The first kappa shape index (κ1) is 30.5. The molecule has 2 saturated heterocycles. The number of rotatable bonds is 10. The van der Waals surface area contributed by atoms with Crippen LogP contribution in [0.25, 0.3) is 21.7 Å². The molecule has 2 unspecified atom stereocenters. The summed E-state index contributed by atoms with van der Waals surface area (Å²) in [5.41, 5.74) is 1.67. The fourth-order valence-electron chi connectivity index (χ4n) is 6.72. The summed E-state index contributed by atoms with van der Waals surface area (Å²) in [4.78, 5) is 28.7. The molecule has 2 aliphatic heterocycles. The van der Waals surface area contributed by atoms with Crippen molar-refractivity contribution in [3.05, 3.63) is 47.5 Å². The van der Waals surface area contributed by atoms with Crippen LogP contribution in [0.5, 0.6) is 5.75 Å². The Hall–Kier alpha value is -3.83. The molecule has 2 N–H and O–H groups in total. The van der Waals surface area contributed by atoms with Crippen molar-refractivity contribution in [1.82, 2.24) is 30.1 Å². The number of alkyl halides is 3. The zero-order valence-corrected chi connectivity index (χ0v) is 26.5. The second-order valence-corrected chi connectivity index (χ2v) is 15.5. The maximum atomic E-state index is 13.2. The molecule has 1 aromatic carbocycles. The number of halogens is 3. The van der Waals surface area contributed by atoms with Crippen LogP contribution in [0, 0.1) is 0 Å². The number of para-hydroxylation sites is 1. The van der Waals surface area contributed by atoms with E-state index in [2.05, 4.69) is 34.8 Å². The molecular formula is C30H30F3N7O5S2. The van der Waals surface area contributed by atoms with Gasteiger partial charge in [-0.3, -0.25) is 4.79 Å². The molecule has 0 spiro atoms. The van der Waals surface area contributed by atoms with Crippen LogP contribution in [0.1, 0.15) is 79.1 Å². The topological polar surface area (TPSA) is 152 Å². The predicted octanol–water partition coefficient (Wildman–Crippen LogP) is 5.03. The summed E-state index contributed by atoms with van der Waals surface area (Å²) in [7, 11) is -3.71. The van der Waals surface area contributed by atoms with Crippen LogP contribution in [0.15, 0.2) is 35.0 Å². The van der Waals surface area contributed by atoms with Crippen LogP contribution >= 0.6 is 11.3 Å². The van der Waals surface area contributed by atoms with E-state index in [1.165, 1.54) is 29.7 Å². The van der Waals surface area contributed by atoms with Gasteiger partial charge < -0.3 is 19.5 Å². The van der Waals surface area contributed by atoms with E-state index in [-0.39, 0.29) is 41.1 Å². The van der Waals surface area contributed by atoms with Gasteiger partial charge in [-0.15, -0.1) is 13.2 Å². The number of hydrogen-bond donors (Lipinski definition) is 2. The number of hydrogen-bond acceptors (Lipinski definition) is 12. The number of benzene rings is 1. The van der Waals surface area contributed by atoms with E-state index in [4.69, 9.17) is 9.51 Å². The van der Waals surface area contributed by atoms with E-state index in [1.807, 2.05) is 0 Å². The van der Waals surface area contributed by atoms with Crippen molar-refractivity contribution < 1.29 is 35.6 Å². The zero-order chi connectivity index (χ0) is 32.5. The highest BCUT2D eigenvalue weighted by Crippen LogP contribution is 2.46. The lowest BCUT2D eigenvalue weighted by Crippen LogP contribution is -2.49. The first-order valence-electron chi connectivity index (χ1n) is 15.6. The molecule has 2 bridgehead atoms.